The molecular formula is C13H21NO3. The van der Waals surface area contributed by atoms with Crippen molar-refractivity contribution in [2.75, 3.05) is 0 Å². The number of hydrogen-bond acceptors (Lipinski definition) is 3. The van der Waals surface area contributed by atoms with Crippen molar-refractivity contribution in [3.63, 3.8) is 0 Å². The molecule has 1 heterocycles. The fraction of sp³-hybridized carbons (Fsp3) is 0.846. The van der Waals surface area contributed by atoms with Crippen LogP contribution in [-0.4, -0.2) is 23.5 Å². The largest absolute Gasteiger partial charge is 0.460 e. The van der Waals surface area contributed by atoms with E-state index in [9.17, 15) is 9.59 Å². The number of fused-ring (bicyclic) bond motifs is 1. The molecule has 0 spiro atoms. The molecule has 2 rings (SSSR count). The highest BCUT2D eigenvalue weighted by Gasteiger charge is 2.56. The molecule has 2 fully saturated rings. The molecular weight excluding hydrogens is 218 g/mol. The Labute approximate surface area is 102 Å². The molecule has 4 heteroatoms. The molecule has 2 aliphatic rings. The van der Waals surface area contributed by atoms with E-state index >= 15 is 0 Å². The lowest BCUT2D eigenvalue weighted by Crippen LogP contribution is -2.68. The Morgan fingerprint density at radius 2 is 2.18 bits per heavy atom. The van der Waals surface area contributed by atoms with Crippen LogP contribution in [0.5, 0.6) is 0 Å². The summed E-state index contributed by atoms with van der Waals surface area (Å²) in [5.41, 5.74) is -0.932. The first-order chi connectivity index (χ1) is 7.83. The first-order valence-corrected chi connectivity index (χ1v) is 6.36. The van der Waals surface area contributed by atoms with Gasteiger partial charge in [-0.2, -0.15) is 0 Å². The lowest BCUT2D eigenvalue weighted by molar-refractivity contribution is -0.168. The van der Waals surface area contributed by atoms with Crippen LogP contribution in [0.2, 0.25) is 0 Å². The molecule has 17 heavy (non-hydrogen) atoms. The Morgan fingerprint density at radius 3 is 2.71 bits per heavy atom. The Bertz CT molecular complexity index is 345. The molecule has 96 valence electrons. The number of nitrogens with one attached hydrogen (secondary N) is 1. The SMILES string of the molecule is CC(C)(C)OC(=O)C[C@@]12CCCC[C@@H]1NC2=O. The summed E-state index contributed by atoms with van der Waals surface area (Å²) in [6.45, 7) is 5.55. The van der Waals surface area contributed by atoms with Gasteiger partial charge in [0.25, 0.3) is 0 Å². The topological polar surface area (TPSA) is 55.4 Å². The van der Waals surface area contributed by atoms with Gasteiger partial charge in [-0.1, -0.05) is 12.8 Å². The molecule has 1 saturated carbocycles. The first kappa shape index (κ1) is 12.4. The Balaban J connectivity index is 2.01. The lowest BCUT2D eigenvalue weighted by atomic mass is 9.62. The number of amides is 1. The van der Waals surface area contributed by atoms with Crippen LogP contribution in [0.3, 0.4) is 0 Å². The Kier molecular flexibility index (Phi) is 2.92. The van der Waals surface area contributed by atoms with Gasteiger partial charge in [0.05, 0.1) is 11.8 Å². The molecule has 0 aromatic carbocycles. The minimum Gasteiger partial charge on any atom is -0.460 e. The highest BCUT2D eigenvalue weighted by Crippen LogP contribution is 2.46. The van der Waals surface area contributed by atoms with Gasteiger partial charge in [0, 0.05) is 6.04 Å². The third kappa shape index (κ3) is 2.31. The zero-order valence-electron chi connectivity index (χ0n) is 10.8. The van der Waals surface area contributed by atoms with Crippen molar-refractivity contribution in [1.29, 1.82) is 0 Å². The summed E-state index contributed by atoms with van der Waals surface area (Å²) in [7, 11) is 0. The molecule has 0 radical (unpaired) electrons. The molecule has 1 aliphatic carbocycles. The van der Waals surface area contributed by atoms with E-state index in [1.54, 1.807) is 0 Å². The van der Waals surface area contributed by atoms with Crippen LogP contribution in [-0.2, 0) is 14.3 Å². The fourth-order valence-corrected chi connectivity index (χ4v) is 2.87. The summed E-state index contributed by atoms with van der Waals surface area (Å²) in [5.74, 6) is -0.215. The zero-order valence-corrected chi connectivity index (χ0v) is 10.8. The van der Waals surface area contributed by atoms with Gasteiger partial charge in [-0.05, 0) is 33.6 Å². The van der Waals surface area contributed by atoms with Crippen molar-refractivity contribution < 1.29 is 14.3 Å². The molecule has 1 N–H and O–H groups in total. The van der Waals surface area contributed by atoms with Crippen LogP contribution in [0.15, 0.2) is 0 Å². The number of hydrogen-bond donors (Lipinski definition) is 1. The van der Waals surface area contributed by atoms with Gasteiger partial charge >= 0.3 is 5.97 Å². The van der Waals surface area contributed by atoms with Gasteiger partial charge in [-0.15, -0.1) is 0 Å². The van der Waals surface area contributed by atoms with E-state index in [0.717, 1.165) is 25.7 Å². The van der Waals surface area contributed by atoms with Crippen molar-refractivity contribution in [2.45, 2.75) is 64.5 Å². The standard InChI is InChI=1S/C13H21NO3/c1-12(2,3)17-10(15)8-13-7-5-4-6-9(13)14-11(13)16/h9H,4-8H2,1-3H3,(H,14,16)/t9-,13-/m0/s1. The van der Waals surface area contributed by atoms with E-state index in [0.29, 0.717) is 0 Å². The van der Waals surface area contributed by atoms with Crippen LogP contribution < -0.4 is 5.32 Å². The van der Waals surface area contributed by atoms with Crippen molar-refractivity contribution >= 4 is 11.9 Å². The van der Waals surface area contributed by atoms with Crippen molar-refractivity contribution in [1.82, 2.24) is 5.32 Å². The Hall–Kier alpha value is -1.06. The summed E-state index contributed by atoms with van der Waals surface area (Å²) in [6.07, 6.45) is 4.23. The number of carbonyl (C=O) groups excluding carboxylic acids is 2. The zero-order chi connectivity index (χ0) is 12.7. The molecule has 2 atom stereocenters. The minimum atomic E-state index is -0.474. The van der Waals surface area contributed by atoms with Crippen LogP contribution >= 0.6 is 0 Å². The maximum absolute atomic E-state index is 11.9. The number of esters is 1. The van der Waals surface area contributed by atoms with Crippen LogP contribution in [0.25, 0.3) is 0 Å². The number of β-lactam (4-membered cyclic amide) rings is 1. The quantitative estimate of drug-likeness (QED) is 0.590. The first-order valence-electron chi connectivity index (χ1n) is 6.36. The molecule has 0 aromatic heterocycles. The second-order valence-corrected chi connectivity index (χ2v) is 6.19. The molecule has 1 aliphatic heterocycles. The Morgan fingerprint density at radius 1 is 1.47 bits per heavy atom. The average Bonchev–Trinajstić information content (AvgIpc) is 2.17. The number of rotatable bonds is 2. The van der Waals surface area contributed by atoms with E-state index < -0.39 is 11.0 Å². The molecule has 0 unspecified atom stereocenters. The molecule has 1 saturated heterocycles. The van der Waals surface area contributed by atoms with Crippen LogP contribution in [0.1, 0.15) is 52.9 Å². The van der Waals surface area contributed by atoms with Gasteiger partial charge in [-0.25, -0.2) is 0 Å². The normalized spacial score (nSPS) is 32.2. The van der Waals surface area contributed by atoms with Gasteiger partial charge in [-0.3, -0.25) is 9.59 Å². The van der Waals surface area contributed by atoms with Gasteiger partial charge < -0.3 is 10.1 Å². The lowest BCUT2D eigenvalue weighted by Gasteiger charge is -2.51. The molecule has 0 aromatic rings. The highest BCUT2D eigenvalue weighted by atomic mass is 16.6. The highest BCUT2D eigenvalue weighted by molar-refractivity contribution is 5.93. The van der Waals surface area contributed by atoms with Gasteiger partial charge in [0.2, 0.25) is 5.91 Å². The van der Waals surface area contributed by atoms with E-state index in [1.165, 1.54) is 0 Å². The summed E-state index contributed by atoms with van der Waals surface area (Å²) in [5, 5.41) is 2.91. The fourth-order valence-electron chi connectivity index (χ4n) is 2.87. The van der Waals surface area contributed by atoms with E-state index in [4.69, 9.17) is 4.74 Å². The van der Waals surface area contributed by atoms with Crippen LogP contribution in [0.4, 0.5) is 0 Å². The predicted molar refractivity (Wildman–Crippen MR) is 63.3 cm³/mol. The third-order valence-corrected chi connectivity index (χ3v) is 3.67. The monoisotopic (exact) mass is 239 g/mol. The van der Waals surface area contributed by atoms with Crippen molar-refractivity contribution in [3.05, 3.63) is 0 Å². The average molecular weight is 239 g/mol. The van der Waals surface area contributed by atoms with E-state index in [1.807, 2.05) is 20.8 Å². The van der Waals surface area contributed by atoms with E-state index in [2.05, 4.69) is 5.32 Å². The van der Waals surface area contributed by atoms with Crippen molar-refractivity contribution in [3.8, 4) is 0 Å². The third-order valence-electron chi connectivity index (χ3n) is 3.67. The molecule has 4 nitrogen and oxygen atoms in total. The maximum Gasteiger partial charge on any atom is 0.307 e. The predicted octanol–water partition coefficient (Wildman–Crippen LogP) is 1.78. The molecule has 0 bridgehead atoms. The van der Waals surface area contributed by atoms with Gasteiger partial charge in [0.15, 0.2) is 0 Å². The summed E-state index contributed by atoms with van der Waals surface area (Å²) >= 11 is 0. The van der Waals surface area contributed by atoms with Crippen molar-refractivity contribution in [2.24, 2.45) is 5.41 Å². The van der Waals surface area contributed by atoms with Crippen LogP contribution in [0, 0.1) is 5.41 Å². The second-order valence-electron chi connectivity index (χ2n) is 6.19. The molecule has 1 amide bonds. The summed E-state index contributed by atoms with van der Waals surface area (Å²) in [6, 6.07) is 0.191. The number of ether oxygens (including phenoxy) is 1. The maximum atomic E-state index is 11.9. The van der Waals surface area contributed by atoms with Gasteiger partial charge in [0.1, 0.15) is 5.60 Å². The summed E-state index contributed by atoms with van der Waals surface area (Å²) in [4.78, 5) is 23.6. The van der Waals surface area contributed by atoms with E-state index in [-0.39, 0.29) is 24.3 Å². The minimum absolute atomic E-state index is 0.0352. The summed E-state index contributed by atoms with van der Waals surface area (Å²) < 4.78 is 5.32. The second kappa shape index (κ2) is 4.00. The number of carbonyl (C=O) groups is 2. The smallest absolute Gasteiger partial charge is 0.307 e.